The van der Waals surface area contributed by atoms with Gasteiger partial charge in [0.05, 0.1) is 10.4 Å². The third-order valence-corrected chi connectivity index (χ3v) is 5.25. The van der Waals surface area contributed by atoms with Gasteiger partial charge in [0.2, 0.25) is 0 Å². The van der Waals surface area contributed by atoms with E-state index in [1.165, 1.54) is 42.7 Å². The number of halogens is 3. The molecule has 1 N–H and O–H groups in total. The van der Waals surface area contributed by atoms with E-state index in [1.54, 1.807) is 6.07 Å². The van der Waals surface area contributed by atoms with Crippen molar-refractivity contribution in [1.82, 2.24) is 4.90 Å². The van der Waals surface area contributed by atoms with Crippen molar-refractivity contribution in [2.24, 2.45) is 0 Å². The van der Waals surface area contributed by atoms with E-state index in [-0.39, 0.29) is 5.91 Å². The van der Waals surface area contributed by atoms with Crippen LogP contribution >= 0.6 is 11.3 Å². The van der Waals surface area contributed by atoms with Crippen LogP contribution in [0.25, 0.3) is 0 Å². The number of anilines is 1. The number of carbonyl (C=O) groups is 1. The topological polar surface area (TPSA) is 32.3 Å². The fraction of sp³-hybridized carbons (Fsp3) is 0.389. The molecule has 1 saturated heterocycles. The van der Waals surface area contributed by atoms with Gasteiger partial charge in [-0.2, -0.15) is 13.2 Å². The fourth-order valence-corrected chi connectivity index (χ4v) is 3.80. The monoisotopic (exact) mass is 368 g/mol. The number of carbonyl (C=O) groups excluding carboxylic acids is 1. The van der Waals surface area contributed by atoms with E-state index in [2.05, 4.69) is 10.2 Å². The smallest absolute Gasteiger partial charge is 0.321 e. The van der Waals surface area contributed by atoms with Crippen LogP contribution in [0.1, 0.15) is 39.4 Å². The first-order valence-corrected chi connectivity index (χ1v) is 9.03. The highest BCUT2D eigenvalue weighted by Gasteiger charge is 2.30. The standard InChI is InChI=1S/C18H19F3N2OS/c19-18(20,21)13-4-6-14(7-5-13)22-17(24)16-9-8-15(25-16)12-23-10-2-1-3-11-23/h4-9H,1-3,10-12H2,(H,22,24). The quantitative estimate of drug-likeness (QED) is 0.823. The summed E-state index contributed by atoms with van der Waals surface area (Å²) in [6.45, 7) is 3.02. The predicted molar refractivity (Wildman–Crippen MR) is 92.8 cm³/mol. The number of nitrogens with one attached hydrogen (secondary N) is 1. The summed E-state index contributed by atoms with van der Waals surface area (Å²) in [5.41, 5.74) is -0.380. The summed E-state index contributed by atoms with van der Waals surface area (Å²) in [6.07, 6.45) is -0.666. The molecule has 1 aliphatic heterocycles. The molecular formula is C18H19F3N2OS. The van der Waals surface area contributed by atoms with E-state index >= 15 is 0 Å². The van der Waals surface area contributed by atoms with E-state index in [0.29, 0.717) is 10.6 Å². The molecule has 1 aromatic carbocycles. The number of alkyl halides is 3. The molecule has 0 saturated carbocycles. The molecule has 3 nitrogen and oxygen atoms in total. The number of hydrogen-bond acceptors (Lipinski definition) is 3. The lowest BCUT2D eigenvalue weighted by Crippen LogP contribution is -2.28. The molecular weight excluding hydrogens is 349 g/mol. The van der Waals surface area contributed by atoms with Gasteiger partial charge in [-0.1, -0.05) is 6.42 Å². The minimum Gasteiger partial charge on any atom is -0.321 e. The van der Waals surface area contributed by atoms with E-state index in [4.69, 9.17) is 0 Å². The number of piperidine rings is 1. The second kappa shape index (κ2) is 7.58. The lowest BCUT2D eigenvalue weighted by atomic mass is 10.1. The second-order valence-corrected chi connectivity index (χ2v) is 7.30. The maximum Gasteiger partial charge on any atom is 0.416 e. The maximum absolute atomic E-state index is 12.6. The summed E-state index contributed by atoms with van der Waals surface area (Å²) in [7, 11) is 0. The molecule has 0 atom stereocenters. The Labute approximate surface area is 148 Å². The molecule has 1 aliphatic rings. The summed E-state index contributed by atoms with van der Waals surface area (Å²) in [5, 5.41) is 2.64. The van der Waals surface area contributed by atoms with Crippen LogP contribution in [0.4, 0.5) is 18.9 Å². The summed E-state index contributed by atoms with van der Waals surface area (Å²) in [4.78, 5) is 16.3. The highest BCUT2D eigenvalue weighted by Crippen LogP contribution is 2.30. The Morgan fingerprint density at radius 2 is 1.72 bits per heavy atom. The van der Waals surface area contributed by atoms with Crippen LogP contribution in [0.2, 0.25) is 0 Å². The van der Waals surface area contributed by atoms with Gasteiger partial charge in [0, 0.05) is 17.1 Å². The Morgan fingerprint density at radius 1 is 1.04 bits per heavy atom. The number of benzene rings is 1. The molecule has 0 aliphatic carbocycles. The molecule has 2 aromatic rings. The molecule has 2 heterocycles. The normalized spacial score (nSPS) is 16.0. The SMILES string of the molecule is O=C(Nc1ccc(C(F)(F)F)cc1)c1ccc(CN2CCCCC2)s1. The van der Waals surface area contributed by atoms with Gasteiger partial charge >= 0.3 is 6.18 Å². The van der Waals surface area contributed by atoms with Gasteiger partial charge in [-0.3, -0.25) is 9.69 Å². The lowest BCUT2D eigenvalue weighted by molar-refractivity contribution is -0.137. The zero-order chi connectivity index (χ0) is 17.9. The van der Waals surface area contributed by atoms with Gasteiger partial charge in [0.1, 0.15) is 0 Å². The first-order valence-electron chi connectivity index (χ1n) is 8.21. The second-order valence-electron chi connectivity index (χ2n) is 6.13. The van der Waals surface area contributed by atoms with Gasteiger partial charge in [-0.15, -0.1) is 11.3 Å². The molecule has 0 spiro atoms. The zero-order valence-corrected chi connectivity index (χ0v) is 14.4. The number of rotatable bonds is 4. The van der Waals surface area contributed by atoms with Crippen LogP contribution in [-0.2, 0) is 12.7 Å². The third kappa shape index (κ3) is 4.83. The largest absolute Gasteiger partial charge is 0.416 e. The fourth-order valence-electron chi connectivity index (χ4n) is 2.86. The molecule has 3 rings (SSSR count). The number of hydrogen-bond donors (Lipinski definition) is 1. The van der Waals surface area contributed by atoms with E-state index in [0.717, 1.165) is 36.6 Å². The molecule has 0 bridgehead atoms. The summed E-state index contributed by atoms with van der Waals surface area (Å²) in [5.74, 6) is -0.297. The van der Waals surface area contributed by atoms with Gasteiger partial charge in [0.25, 0.3) is 5.91 Å². The van der Waals surface area contributed by atoms with Gasteiger partial charge in [-0.25, -0.2) is 0 Å². The average Bonchev–Trinajstić information content (AvgIpc) is 3.04. The Morgan fingerprint density at radius 3 is 2.36 bits per heavy atom. The van der Waals surface area contributed by atoms with Gasteiger partial charge in [-0.05, 0) is 62.3 Å². The van der Waals surface area contributed by atoms with Gasteiger partial charge < -0.3 is 5.32 Å². The maximum atomic E-state index is 12.6. The number of amides is 1. The Hall–Kier alpha value is -1.86. The minimum atomic E-state index is -4.38. The van der Waals surface area contributed by atoms with Crippen molar-refractivity contribution in [3.8, 4) is 0 Å². The molecule has 1 fully saturated rings. The Balaban J connectivity index is 1.59. The van der Waals surface area contributed by atoms with Crippen molar-refractivity contribution >= 4 is 22.9 Å². The number of thiophene rings is 1. The average molecular weight is 368 g/mol. The van der Waals surface area contributed by atoms with Crippen LogP contribution < -0.4 is 5.32 Å². The molecule has 25 heavy (non-hydrogen) atoms. The highest BCUT2D eigenvalue weighted by atomic mass is 32.1. The highest BCUT2D eigenvalue weighted by molar-refractivity contribution is 7.14. The third-order valence-electron chi connectivity index (χ3n) is 4.18. The van der Waals surface area contributed by atoms with Crippen molar-refractivity contribution in [3.63, 3.8) is 0 Å². The summed E-state index contributed by atoms with van der Waals surface area (Å²) in [6, 6.07) is 8.17. The first kappa shape index (κ1) is 17.9. The van der Waals surface area contributed by atoms with Crippen molar-refractivity contribution in [2.45, 2.75) is 32.0 Å². The molecule has 0 radical (unpaired) electrons. The Kier molecular flexibility index (Phi) is 5.44. The van der Waals surface area contributed by atoms with E-state index in [1.807, 2.05) is 6.07 Å². The van der Waals surface area contributed by atoms with E-state index in [9.17, 15) is 18.0 Å². The number of likely N-dealkylation sites (tertiary alicyclic amines) is 1. The predicted octanol–water partition coefficient (Wildman–Crippen LogP) is 5.01. The summed E-state index contributed by atoms with van der Waals surface area (Å²) >= 11 is 1.43. The molecule has 1 aromatic heterocycles. The minimum absolute atomic E-state index is 0.297. The van der Waals surface area contributed by atoms with Crippen LogP contribution in [-0.4, -0.2) is 23.9 Å². The number of nitrogens with zero attached hydrogens (tertiary/aromatic N) is 1. The van der Waals surface area contributed by atoms with Crippen molar-refractivity contribution < 1.29 is 18.0 Å². The van der Waals surface area contributed by atoms with Crippen LogP contribution in [0.3, 0.4) is 0 Å². The van der Waals surface area contributed by atoms with E-state index < -0.39 is 11.7 Å². The van der Waals surface area contributed by atoms with Crippen LogP contribution in [0, 0.1) is 0 Å². The van der Waals surface area contributed by atoms with Gasteiger partial charge in [0.15, 0.2) is 0 Å². The van der Waals surface area contributed by atoms with Crippen molar-refractivity contribution in [3.05, 3.63) is 51.7 Å². The van der Waals surface area contributed by atoms with Crippen molar-refractivity contribution in [2.75, 3.05) is 18.4 Å². The molecule has 1 amide bonds. The summed E-state index contributed by atoms with van der Waals surface area (Å²) < 4.78 is 37.7. The lowest BCUT2D eigenvalue weighted by Gasteiger charge is -2.25. The van der Waals surface area contributed by atoms with Crippen molar-refractivity contribution in [1.29, 1.82) is 0 Å². The molecule has 0 unspecified atom stereocenters. The van der Waals surface area contributed by atoms with Crippen LogP contribution in [0.15, 0.2) is 36.4 Å². The Bertz CT molecular complexity index is 719. The zero-order valence-electron chi connectivity index (χ0n) is 13.6. The molecule has 7 heteroatoms. The van der Waals surface area contributed by atoms with Crippen LogP contribution in [0.5, 0.6) is 0 Å². The first-order chi connectivity index (χ1) is 11.9. The molecule has 134 valence electrons.